The summed E-state index contributed by atoms with van der Waals surface area (Å²) >= 11 is 0.0523. The average molecular weight is 551 g/mol. The number of likely N-dealkylation sites (tertiary alicyclic amines) is 1. The zero-order valence-corrected chi connectivity index (χ0v) is 23.7. The molecule has 1 aliphatic carbocycles. The maximum absolute atomic E-state index is 12.8. The molecule has 1 unspecified atom stereocenters. The predicted octanol–water partition coefficient (Wildman–Crippen LogP) is 5.90. The molecule has 210 valence electrons. The number of rotatable bonds is 6. The highest BCUT2D eigenvalue weighted by Gasteiger charge is 2.33. The fourth-order valence-corrected chi connectivity index (χ4v) is 6.09. The fraction of sp³-hybridized carbons (Fsp3) is 0.655. The van der Waals surface area contributed by atoms with Crippen molar-refractivity contribution >= 4 is 29.1 Å². The van der Waals surface area contributed by atoms with E-state index < -0.39 is 10.8 Å². The highest BCUT2D eigenvalue weighted by molar-refractivity contribution is 8.00. The van der Waals surface area contributed by atoms with Crippen molar-refractivity contribution in [3.63, 3.8) is 0 Å². The molecule has 1 atom stereocenters. The number of hydrogen-bond acceptors (Lipinski definition) is 5. The van der Waals surface area contributed by atoms with Gasteiger partial charge in [0.2, 0.25) is 5.91 Å². The minimum absolute atomic E-state index is 0.0523. The number of aliphatic imine (C=N–C) groups is 1. The molecule has 0 radical (unpaired) electrons. The van der Waals surface area contributed by atoms with Gasteiger partial charge in [-0.15, -0.1) is 0 Å². The van der Waals surface area contributed by atoms with Crippen LogP contribution in [0.15, 0.2) is 41.4 Å². The van der Waals surface area contributed by atoms with Crippen LogP contribution in [0.5, 0.6) is 0 Å². The Balaban J connectivity index is 1.14. The number of carbonyl (C=O) groups excluding carboxylic acids is 1. The highest BCUT2D eigenvalue weighted by atomic mass is 32.2. The first-order chi connectivity index (χ1) is 18.0. The van der Waals surface area contributed by atoms with Crippen LogP contribution in [0.2, 0.25) is 0 Å². The van der Waals surface area contributed by atoms with Gasteiger partial charge in [0.1, 0.15) is 0 Å². The molecule has 0 bridgehead atoms. The molecule has 1 amide bonds. The summed E-state index contributed by atoms with van der Waals surface area (Å²) in [5, 5.41) is -0.517. The Labute approximate surface area is 229 Å². The third-order valence-electron chi connectivity index (χ3n) is 7.75. The summed E-state index contributed by atoms with van der Waals surface area (Å²) in [5.41, 5.74) is -0.540. The standard InChI is InChI=1S/C29H41F3N4OS/c1-28(2,3)22-4-8-25(9-5-22)35-20-18-34(19-21-35)15-14-27(37)36-16-12-24(13-17-36)33-23-6-10-26(11-7-23)38-29(30,31)32/h4-6,8-10,24,26H,7,11-21H2,1-3H3. The van der Waals surface area contributed by atoms with Gasteiger partial charge in [0.15, 0.2) is 0 Å². The van der Waals surface area contributed by atoms with E-state index in [1.165, 1.54) is 11.3 Å². The molecule has 1 aromatic carbocycles. The second-order valence-electron chi connectivity index (χ2n) is 11.6. The van der Waals surface area contributed by atoms with E-state index in [9.17, 15) is 18.0 Å². The van der Waals surface area contributed by atoms with Crippen LogP contribution >= 0.6 is 11.8 Å². The molecule has 3 aliphatic rings. The first kappa shape index (κ1) is 29.0. The molecule has 2 heterocycles. The first-order valence-electron chi connectivity index (χ1n) is 13.8. The predicted molar refractivity (Wildman–Crippen MR) is 151 cm³/mol. The van der Waals surface area contributed by atoms with Crippen LogP contribution in [-0.2, 0) is 10.2 Å². The maximum Gasteiger partial charge on any atom is 0.442 e. The first-order valence-corrected chi connectivity index (χ1v) is 14.7. The molecule has 4 rings (SSSR count). The van der Waals surface area contributed by atoms with E-state index in [0.29, 0.717) is 32.4 Å². The lowest BCUT2D eigenvalue weighted by Crippen LogP contribution is -2.48. The summed E-state index contributed by atoms with van der Waals surface area (Å²) in [7, 11) is 0. The van der Waals surface area contributed by atoms with Crippen molar-refractivity contribution in [2.45, 2.75) is 75.1 Å². The van der Waals surface area contributed by atoms with E-state index in [1.54, 1.807) is 12.2 Å². The molecule has 0 N–H and O–H groups in total. The molecule has 9 heteroatoms. The number of allylic oxidation sites excluding steroid dienone is 1. The number of piperazine rings is 1. The van der Waals surface area contributed by atoms with E-state index in [1.807, 2.05) is 4.90 Å². The molecule has 2 fully saturated rings. The third-order valence-corrected chi connectivity index (χ3v) is 8.71. The van der Waals surface area contributed by atoms with Gasteiger partial charge in [-0.25, -0.2) is 0 Å². The van der Waals surface area contributed by atoms with E-state index in [-0.39, 0.29) is 29.1 Å². The van der Waals surface area contributed by atoms with Crippen LogP contribution in [0, 0.1) is 0 Å². The Bertz CT molecular complexity index is 987. The smallest absolute Gasteiger partial charge is 0.369 e. The number of hydrogen-bond donors (Lipinski definition) is 0. The number of halogens is 3. The molecule has 2 saturated heterocycles. The highest BCUT2D eigenvalue weighted by Crippen LogP contribution is 2.37. The Hall–Kier alpha value is -2.00. The van der Waals surface area contributed by atoms with Crippen LogP contribution in [-0.4, -0.2) is 84.0 Å². The lowest BCUT2D eigenvalue weighted by atomic mass is 9.87. The maximum atomic E-state index is 12.8. The van der Waals surface area contributed by atoms with Crippen LogP contribution < -0.4 is 4.90 Å². The van der Waals surface area contributed by atoms with Crippen LogP contribution in [0.4, 0.5) is 18.9 Å². The molecule has 5 nitrogen and oxygen atoms in total. The minimum atomic E-state index is -4.20. The molecule has 0 spiro atoms. The SMILES string of the molecule is CC(C)(C)c1ccc(N2CCN(CCC(=O)N3CCC(N=C4C=CC(SC(F)(F)F)CC4)CC3)CC2)cc1. The topological polar surface area (TPSA) is 39.1 Å². The molecular weight excluding hydrogens is 509 g/mol. The Morgan fingerprint density at radius 3 is 2.18 bits per heavy atom. The van der Waals surface area contributed by atoms with Crippen LogP contribution in [0.3, 0.4) is 0 Å². The fourth-order valence-electron chi connectivity index (χ4n) is 5.36. The van der Waals surface area contributed by atoms with Crippen molar-refractivity contribution in [3.8, 4) is 0 Å². The summed E-state index contributed by atoms with van der Waals surface area (Å²) in [6.07, 6.45) is 6.60. The largest absolute Gasteiger partial charge is 0.442 e. The van der Waals surface area contributed by atoms with Crippen molar-refractivity contribution in [3.05, 3.63) is 42.0 Å². The van der Waals surface area contributed by atoms with Crippen molar-refractivity contribution in [2.24, 2.45) is 4.99 Å². The number of carbonyl (C=O) groups is 1. The number of nitrogens with zero attached hydrogens (tertiary/aromatic N) is 4. The van der Waals surface area contributed by atoms with E-state index >= 15 is 0 Å². The number of thioether (sulfide) groups is 1. The van der Waals surface area contributed by atoms with E-state index in [2.05, 4.69) is 54.8 Å². The number of benzene rings is 1. The lowest BCUT2D eigenvalue weighted by Gasteiger charge is -2.37. The van der Waals surface area contributed by atoms with Gasteiger partial charge in [-0.2, -0.15) is 13.2 Å². The van der Waals surface area contributed by atoms with Gasteiger partial charge in [0, 0.05) is 68.9 Å². The van der Waals surface area contributed by atoms with Gasteiger partial charge >= 0.3 is 5.51 Å². The molecule has 0 aromatic heterocycles. The monoisotopic (exact) mass is 550 g/mol. The number of amides is 1. The van der Waals surface area contributed by atoms with Gasteiger partial charge < -0.3 is 9.80 Å². The number of alkyl halides is 3. The number of anilines is 1. The summed E-state index contributed by atoms with van der Waals surface area (Å²) in [6.45, 7) is 12.8. The Morgan fingerprint density at radius 2 is 1.63 bits per heavy atom. The lowest BCUT2D eigenvalue weighted by molar-refractivity contribution is -0.132. The molecule has 38 heavy (non-hydrogen) atoms. The minimum Gasteiger partial charge on any atom is -0.369 e. The normalized spacial score (nSPS) is 23.3. The summed E-state index contributed by atoms with van der Waals surface area (Å²) in [4.78, 5) is 24.4. The van der Waals surface area contributed by atoms with Crippen molar-refractivity contribution in [1.29, 1.82) is 0 Å². The van der Waals surface area contributed by atoms with Crippen molar-refractivity contribution in [2.75, 3.05) is 50.7 Å². The Kier molecular flexibility index (Phi) is 9.50. The van der Waals surface area contributed by atoms with Gasteiger partial charge in [-0.3, -0.25) is 14.7 Å². The summed E-state index contributed by atoms with van der Waals surface area (Å²) in [5.74, 6) is 0.209. The quantitative estimate of drug-likeness (QED) is 0.442. The molecule has 2 aliphatic heterocycles. The van der Waals surface area contributed by atoms with Gasteiger partial charge in [-0.05, 0) is 66.6 Å². The van der Waals surface area contributed by atoms with Gasteiger partial charge in [0.05, 0.1) is 6.04 Å². The second-order valence-corrected chi connectivity index (χ2v) is 12.9. The Morgan fingerprint density at radius 1 is 0.974 bits per heavy atom. The zero-order chi connectivity index (χ0) is 27.3. The van der Waals surface area contributed by atoms with E-state index in [0.717, 1.165) is 51.3 Å². The summed E-state index contributed by atoms with van der Waals surface area (Å²) < 4.78 is 37.7. The molecule has 1 aromatic rings. The third kappa shape index (κ3) is 8.50. The van der Waals surface area contributed by atoms with Crippen molar-refractivity contribution in [1.82, 2.24) is 9.80 Å². The second kappa shape index (κ2) is 12.5. The average Bonchev–Trinajstić information content (AvgIpc) is 2.88. The molecule has 0 saturated carbocycles. The molecular formula is C29H41F3N4OS. The summed E-state index contributed by atoms with van der Waals surface area (Å²) in [6, 6.07) is 9.06. The van der Waals surface area contributed by atoms with E-state index in [4.69, 9.17) is 4.99 Å². The van der Waals surface area contributed by atoms with Crippen molar-refractivity contribution < 1.29 is 18.0 Å². The number of piperidine rings is 1. The van der Waals surface area contributed by atoms with Gasteiger partial charge in [0.25, 0.3) is 0 Å². The van der Waals surface area contributed by atoms with Gasteiger partial charge in [-0.1, -0.05) is 39.0 Å². The van der Waals surface area contributed by atoms with Crippen LogP contribution in [0.1, 0.15) is 58.4 Å². The zero-order valence-electron chi connectivity index (χ0n) is 22.8. The van der Waals surface area contributed by atoms with Crippen LogP contribution in [0.25, 0.3) is 0 Å².